The first-order chi connectivity index (χ1) is 20.1. The molecule has 2 saturated heterocycles. The first-order valence-electron chi connectivity index (χ1n) is 14.0. The van der Waals surface area contributed by atoms with Crippen LogP contribution in [-0.2, 0) is 28.5 Å². The molecule has 1 aromatic heterocycles. The highest BCUT2D eigenvalue weighted by Gasteiger charge is 2.46. The maximum absolute atomic E-state index is 12.3. The van der Waals surface area contributed by atoms with E-state index in [4.69, 9.17) is 18.9 Å². The van der Waals surface area contributed by atoms with Crippen molar-refractivity contribution >= 4 is 11.8 Å². The minimum Gasteiger partial charge on any atom is -0.394 e. The zero-order valence-corrected chi connectivity index (χ0v) is 23.7. The van der Waals surface area contributed by atoms with Crippen LogP contribution < -0.4 is 21.9 Å². The maximum Gasteiger partial charge on any atom is 0.330 e. The third-order valence-electron chi connectivity index (χ3n) is 7.41. The molecule has 238 valence electrons. The van der Waals surface area contributed by atoms with Gasteiger partial charge in [0.1, 0.15) is 36.7 Å². The lowest BCUT2D eigenvalue weighted by Gasteiger charge is -2.42. The van der Waals surface area contributed by atoms with Gasteiger partial charge in [-0.15, -0.1) is 0 Å². The number of aliphatic hydroxyl groups is 4. The van der Waals surface area contributed by atoms with E-state index in [-0.39, 0.29) is 31.5 Å². The summed E-state index contributed by atoms with van der Waals surface area (Å²) in [7, 11) is 1.49. The van der Waals surface area contributed by atoms with Gasteiger partial charge in [0.15, 0.2) is 6.29 Å². The molecule has 16 heteroatoms. The van der Waals surface area contributed by atoms with Crippen LogP contribution >= 0.6 is 0 Å². The van der Waals surface area contributed by atoms with Crippen LogP contribution in [0.5, 0.6) is 0 Å². The predicted octanol–water partition coefficient (Wildman–Crippen LogP) is -2.92. The van der Waals surface area contributed by atoms with Gasteiger partial charge in [-0.3, -0.25) is 23.9 Å². The summed E-state index contributed by atoms with van der Waals surface area (Å²) in [6, 6.07) is 0.186. The van der Waals surface area contributed by atoms with Crippen molar-refractivity contribution in [2.75, 3.05) is 33.5 Å². The van der Waals surface area contributed by atoms with Crippen LogP contribution in [0.4, 0.5) is 0 Å². The topological polar surface area (TPSA) is 231 Å². The van der Waals surface area contributed by atoms with E-state index in [1.54, 1.807) is 0 Å². The number of H-pyrrole nitrogens is 1. The van der Waals surface area contributed by atoms with Gasteiger partial charge in [-0.05, 0) is 25.7 Å². The Labute approximate surface area is 241 Å². The fraction of sp³-hybridized carbons (Fsp3) is 0.769. The number of unbranched alkanes of at least 4 members (excludes halogenated alkanes) is 1. The van der Waals surface area contributed by atoms with Gasteiger partial charge in [0, 0.05) is 51.8 Å². The van der Waals surface area contributed by atoms with Gasteiger partial charge in [0.25, 0.3) is 5.56 Å². The molecule has 0 aromatic carbocycles. The number of rotatable bonds is 15. The number of nitrogens with zero attached hydrogens (tertiary/aromatic N) is 1. The highest BCUT2D eigenvalue weighted by Crippen LogP contribution is 2.38. The van der Waals surface area contributed by atoms with Crippen LogP contribution in [-0.4, -0.2) is 118 Å². The Balaban J connectivity index is 1.41. The number of aromatic amines is 1. The third-order valence-corrected chi connectivity index (χ3v) is 7.41. The molecule has 2 aliphatic heterocycles. The Kier molecular flexibility index (Phi) is 13.1. The van der Waals surface area contributed by atoms with E-state index in [0.717, 1.165) is 0 Å². The minimum absolute atomic E-state index is 0.145. The Morgan fingerprint density at radius 3 is 2.45 bits per heavy atom. The molecule has 0 aliphatic carbocycles. The Bertz CT molecular complexity index is 1130. The van der Waals surface area contributed by atoms with Crippen molar-refractivity contribution in [2.45, 2.75) is 88.1 Å². The first-order valence-corrected chi connectivity index (χ1v) is 14.0. The molecule has 2 fully saturated rings. The number of aliphatic hydroxyl groups excluding tert-OH is 4. The summed E-state index contributed by atoms with van der Waals surface area (Å²) in [6.07, 6.45) is -3.31. The molecule has 7 N–H and O–H groups in total. The molecular formula is C26H42N4O12. The number of aromatic nitrogens is 2. The summed E-state index contributed by atoms with van der Waals surface area (Å²) in [4.78, 5) is 49.8. The molecule has 0 spiro atoms. The van der Waals surface area contributed by atoms with Crippen molar-refractivity contribution in [3.05, 3.63) is 33.1 Å². The number of carbonyl (C=O) groups excluding carboxylic acids is 2. The molecule has 42 heavy (non-hydrogen) atoms. The van der Waals surface area contributed by atoms with E-state index in [1.165, 1.54) is 30.9 Å². The molecule has 0 radical (unpaired) electrons. The number of carbonyl (C=O) groups is 2. The number of hydrogen-bond donors (Lipinski definition) is 7. The predicted molar refractivity (Wildman–Crippen MR) is 144 cm³/mol. The van der Waals surface area contributed by atoms with Gasteiger partial charge in [-0.25, -0.2) is 4.79 Å². The van der Waals surface area contributed by atoms with Crippen LogP contribution in [0.15, 0.2) is 21.9 Å². The molecule has 5 unspecified atom stereocenters. The Hall–Kier alpha value is -2.70. The van der Waals surface area contributed by atoms with Crippen LogP contribution in [0.2, 0.25) is 0 Å². The highest BCUT2D eigenvalue weighted by atomic mass is 16.7. The zero-order chi connectivity index (χ0) is 30.8. The SMILES string of the molecule is CO[C@H]1[C@@H](CCCNC(=O)CCCCOC2OC(CO)C(O)C(O)C2NC(C)=O)[C@H](n2ccc(=O)[nH]c2=O)O[C@@H]1CO. The molecule has 16 nitrogen and oxygen atoms in total. The summed E-state index contributed by atoms with van der Waals surface area (Å²) in [5.74, 6) is -0.945. The van der Waals surface area contributed by atoms with Gasteiger partial charge in [0.05, 0.1) is 19.3 Å². The van der Waals surface area contributed by atoms with Crippen molar-refractivity contribution in [1.82, 2.24) is 20.2 Å². The van der Waals surface area contributed by atoms with Crippen LogP contribution in [0.1, 0.15) is 45.3 Å². The van der Waals surface area contributed by atoms with E-state index >= 15 is 0 Å². The van der Waals surface area contributed by atoms with Gasteiger partial charge in [-0.2, -0.15) is 0 Å². The standard InChI is InChI=1S/C26H42N4O12/c1-14(33)28-20-22(37)21(36)16(12-31)42-25(20)40-11-4-3-7-18(34)27-9-5-6-15-23(39-2)17(13-32)41-24(15)30-10-8-19(35)29-26(30)38/h8,10,15-17,20-25,31-32,36-37H,3-7,9,11-13H2,1-2H3,(H,27,34)(H,28,33)(H,29,35,38)/t15-,16?,17-,20?,21?,22?,23+,24-,25?/m1/s1. The zero-order valence-electron chi connectivity index (χ0n) is 23.7. The Morgan fingerprint density at radius 1 is 1.07 bits per heavy atom. The van der Waals surface area contributed by atoms with Gasteiger partial charge >= 0.3 is 5.69 Å². The average Bonchev–Trinajstić information content (AvgIpc) is 3.31. The Morgan fingerprint density at radius 2 is 1.81 bits per heavy atom. The molecule has 3 heterocycles. The summed E-state index contributed by atoms with van der Waals surface area (Å²) < 4.78 is 23.8. The fourth-order valence-corrected chi connectivity index (χ4v) is 5.33. The number of ether oxygens (including phenoxy) is 4. The van der Waals surface area contributed by atoms with Crippen molar-refractivity contribution < 1.29 is 49.0 Å². The van der Waals surface area contributed by atoms with Crippen molar-refractivity contribution in [3.8, 4) is 0 Å². The monoisotopic (exact) mass is 602 g/mol. The maximum atomic E-state index is 12.3. The highest BCUT2D eigenvalue weighted by molar-refractivity contribution is 5.75. The molecule has 2 amide bonds. The molecule has 2 aliphatic rings. The number of amides is 2. The van der Waals surface area contributed by atoms with Crippen LogP contribution in [0, 0.1) is 5.92 Å². The van der Waals surface area contributed by atoms with Crippen molar-refractivity contribution in [1.29, 1.82) is 0 Å². The smallest absolute Gasteiger partial charge is 0.330 e. The second kappa shape index (κ2) is 16.2. The van der Waals surface area contributed by atoms with E-state index in [1.807, 2.05) is 0 Å². The second-order valence-electron chi connectivity index (χ2n) is 10.4. The molecule has 0 saturated carbocycles. The van der Waals surface area contributed by atoms with E-state index in [9.17, 15) is 39.6 Å². The fourth-order valence-electron chi connectivity index (χ4n) is 5.33. The first kappa shape index (κ1) is 33.8. The summed E-state index contributed by atoms with van der Waals surface area (Å²) >= 11 is 0. The summed E-state index contributed by atoms with van der Waals surface area (Å²) in [5.41, 5.74) is -1.17. The van der Waals surface area contributed by atoms with Gasteiger partial charge < -0.3 is 50.0 Å². The summed E-state index contributed by atoms with van der Waals surface area (Å²) in [6.45, 7) is 0.903. The van der Waals surface area contributed by atoms with Gasteiger partial charge in [0.2, 0.25) is 11.8 Å². The average molecular weight is 603 g/mol. The van der Waals surface area contributed by atoms with Gasteiger partial charge in [-0.1, -0.05) is 0 Å². The third kappa shape index (κ3) is 8.67. The van der Waals surface area contributed by atoms with E-state index in [0.29, 0.717) is 32.2 Å². The van der Waals surface area contributed by atoms with Crippen LogP contribution in [0.25, 0.3) is 0 Å². The molecular weight excluding hydrogens is 560 g/mol. The molecule has 3 rings (SSSR count). The van der Waals surface area contributed by atoms with E-state index < -0.39 is 72.8 Å². The lowest BCUT2D eigenvalue weighted by Crippen LogP contribution is -2.64. The van der Waals surface area contributed by atoms with Crippen LogP contribution in [0.3, 0.4) is 0 Å². The minimum atomic E-state index is -1.40. The quantitative estimate of drug-likeness (QED) is 0.100. The van der Waals surface area contributed by atoms with Crippen molar-refractivity contribution in [3.63, 3.8) is 0 Å². The molecule has 9 atom stereocenters. The number of nitrogens with one attached hydrogen (secondary N) is 3. The normalized spacial score (nSPS) is 31.1. The molecule has 0 bridgehead atoms. The lowest BCUT2D eigenvalue weighted by molar-refractivity contribution is -0.270. The second-order valence-corrected chi connectivity index (χ2v) is 10.4. The number of methoxy groups -OCH3 is 1. The molecule has 1 aromatic rings. The largest absolute Gasteiger partial charge is 0.394 e. The lowest BCUT2D eigenvalue weighted by atomic mass is 9.94. The van der Waals surface area contributed by atoms with E-state index in [2.05, 4.69) is 15.6 Å². The number of hydrogen-bond acceptors (Lipinski definition) is 12. The van der Waals surface area contributed by atoms with Crippen molar-refractivity contribution in [2.24, 2.45) is 5.92 Å². The summed E-state index contributed by atoms with van der Waals surface area (Å²) in [5, 5.41) is 44.8.